The molecule has 0 aromatic heterocycles. The number of methoxy groups -OCH3 is 1. The van der Waals surface area contributed by atoms with Gasteiger partial charge in [0.25, 0.3) is 0 Å². The van der Waals surface area contributed by atoms with Crippen LogP contribution in [-0.4, -0.2) is 120 Å². The molecule has 4 saturated carbocycles. The molecule has 4 aliphatic carbocycles. The maximum atomic E-state index is 12.1. The minimum absolute atomic E-state index is 0. The van der Waals surface area contributed by atoms with E-state index >= 15 is 0 Å². The normalized spacial score (nSPS) is 55.6. The third kappa shape index (κ3) is 11.0. The molecule has 18 unspecified atom stereocenters. The fraction of sp³-hybridized carbons (Fsp3) is 0.954. The largest absolute Gasteiger partial charge is 1.00 e. The summed E-state index contributed by atoms with van der Waals surface area (Å²) in [6.07, 6.45) is 11.1. The molecule has 16 aliphatic heterocycles. The van der Waals surface area contributed by atoms with Gasteiger partial charge in [0.05, 0.1) is 12.3 Å². The molecule has 1 N–H and O–H groups in total. The Hall–Kier alpha value is -1.27. The maximum Gasteiger partial charge on any atom is 1.00 e. The van der Waals surface area contributed by atoms with Gasteiger partial charge in [-0.05, 0) is 153 Å². The first-order chi connectivity index (χ1) is 41.7. The summed E-state index contributed by atoms with van der Waals surface area (Å²) in [5.41, 5.74) is -2.34. The summed E-state index contributed by atoms with van der Waals surface area (Å²) in [5, 5.41) is 20.8. The van der Waals surface area contributed by atoms with Gasteiger partial charge in [0.15, 0.2) is 53.9 Å². The molecule has 23 nitrogen and oxygen atoms in total. The zero-order valence-electron chi connectivity index (χ0n) is 54.9. The number of aliphatic hydroxyl groups is 1. The molecular formula is C65H99NaO23. The van der Waals surface area contributed by atoms with E-state index < -0.39 is 95.2 Å². The number of carboxylic acid groups (broad SMARTS) is 1. The number of rotatable bonds is 5. The zero-order chi connectivity index (χ0) is 62.5. The summed E-state index contributed by atoms with van der Waals surface area (Å²) in [6.45, 7) is 24.8. The van der Waals surface area contributed by atoms with E-state index in [0.717, 1.165) is 83.5 Å². The molecule has 16 saturated heterocycles. The molecule has 89 heavy (non-hydrogen) atoms. The van der Waals surface area contributed by atoms with Gasteiger partial charge >= 0.3 is 41.5 Å². The van der Waals surface area contributed by atoms with Gasteiger partial charge in [-0.3, -0.25) is 9.59 Å². The van der Waals surface area contributed by atoms with Crippen LogP contribution in [0, 0.1) is 94.7 Å². The second kappa shape index (κ2) is 24.7. The predicted octanol–water partition coefficient (Wildman–Crippen LogP) is 5.69. The topological polar surface area (TPSA) is 261 Å². The summed E-state index contributed by atoms with van der Waals surface area (Å²) in [5.74, 6) is -0.913. The van der Waals surface area contributed by atoms with Crippen LogP contribution >= 0.6 is 0 Å². The van der Waals surface area contributed by atoms with Gasteiger partial charge in [0.2, 0.25) is 35.7 Å². The van der Waals surface area contributed by atoms with E-state index in [9.17, 15) is 24.6 Å². The molecule has 498 valence electrons. The fourth-order valence-corrected chi connectivity index (χ4v) is 20.2. The van der Waals surface area contributed by atoms with Crippen LogP contribution in [0.4, 0.5) is 0 Å². The molecule has 0 aromatic rings. The van der Waals surface area contributed by atoms with Crippen molar-refractivity contribution in [3.63, 3.8) is 0 Å². The van der Waals surface area contributed by atoms with Crippen molar-refractivity contribution in [1.29, 1.82) is 0 Å². The van der Waals surface area contributed by atoms with Crippen molar-refractivity contribution >= 4 is 17.9 Å². The zero-order valence-corrected chi connectivity index (χ0v) is 56.9. The van der Waals surface area contributed by atoms with Crippen molar-refractivity contribution in [2.24, 2.45) is 94.7 Å². The standard InChI is InChI=1S/C19H28O8.C16H26O5.C15H24O5.C15H22O5.Na/c1-10-4-5-13-11(2)16(23-15(22)7-6-14(20)21)24-17-19(13)12(10)8-9-18(3,25-17)26-27-19;1-9-5-6-12-10(2)13(17-4)18-14-16(12)11(9)7-8-15(3,19-14)20-21-16;2*1-8-4-5-11-9(2)12(16)17-13-15(11)10(8)6-7-14(3,18-13)19-20-15;/h10-13,16-17H,4-9H2,1-3H3,(H,20,21);9-14H,5-8H2,1-4H3;8-13,16H,4-7H2,1-3H3;8-11,13H,4-7H2,1-3H3;/q;;;;+1/p-1/t10?,11-,12?,13?,16?,17?,18-,19-;9?,10-,11?,12?,13+,14?,15-,16-;8?,9-,10?,11?,12?,13?,14-,15-;8?,9-,10?,11?,13?,14-,15-;/m1111./s1. The molecule has 31 atom stereocenters. The van der Waals surface area contributed by atoms with Gasteiger partial charge in [0.1, 0.15) is 0 Å². The summed E-state index contributed by atoms with van der Waals surface area (Å²) in [7, 11) is 1.70. The van der Waals surface area contributed by atoms with Crippen molar-refractivity contribution in [3.8, 4) is 0 Å². The Morgan fingerprint density at radius 3 is 1.21 bits per heavy atom. The first kappa shape index (κ1) is 67.7. The number of hydrogen-bond acceptors (Lipinski definition) is 23. The molecule has 16 heterocycles. The van der Waals surface area contributed by atoms with Gasteiger partial charge in [-0.2, -0.15) is 0 Å². The second-order valence-corrected chi connectivity index (χ2v) is 30.6. The number of carboxylic acids is 1. The number of aliphatic hydroxyl groups excluding tert-OH is 1. The van der Waals surface area contributed by atoms with E-state index in [1.54, 1.807) is 7.11 Å². The van der Waals surface area contributed by atoms with Crippen LogP contribution in [0.2, 0.25) is 0 Å². The second-order valence-electron chi connectivity index (χ2n) is 30.6. The Morgan fingerprint density at radius 2 is 0.809 bits per heavy atom. The third-order valence-electron chi connectivity index (χ3n) is 25.3. The van der Waals surface area contributed by atoms with Crippen LogP contribution in [-0.2, 0) is 101 Å². The Labute approximate surface area is 545 Å². The number of carbonyl (C=O) groups is 3. The van der Waals surface area contributed by atoms with E-state index in [4.69, 9.17) is 86.5 Å². The average Bonchev–Trinajstić information content (AvgIpc) is 1.75. The monoisotopic (exact) mass is 1270 g/mol. The number of carbonyl (C=O) groups excluding carboxylic acids is 3. The molecule has 4 spiro atoms. The quantitative estimate of drug-likeness (QED) is 0.197. The van der Waals surface area contributed by atoms with E-state index in [0.29, 0.717) is 53.8 Å². The van der Waals surface area contributed by atoms with Crippen molar-refractivity contribution in [3.05, 3.63) is 0 Å². The average molecular weight is 1270 g/mol. The summed E-state index contributed by atoms with van der Waals surface area (Å²) in [4.78, 5) is 81.5. The SMILES string of the molecule is CC1CCC2[C@@H](C)C(=O)OC3O[C@@]4(C)CCC1[C@]32OO4.CC1CCC2[C@@H](C)C(O)OC3O[C@@]4(C)CCC1[C@]32OO4.CC1CCC2[C@@H](C)C(OC(=O)CCC(=O)[O-])OC3O[C@@]4(C)CCC1[C@]32OO4.CO[C@H]1OC2O[C@@]3(C)CCC4C(C)CCC([C@H]1C)[C@@]24OO3.[Na+]. The van der Waals surface area contributed by atoms with Crippen molar-refractivity contribution in [1.82, 2.24) is 0 Å². The van der Waals surface area contributed by atoms with Crippen molar-refractivity contribution in [2.45, 2.75) is 288 Å². The van der Waals surface area contributed by atoms with Gasteiger partial charge in [0, 0.05) is 86.1 Å². The molecular weight excluding hydrogens is 1170 g/mol. The Bertz CT molecular complexity index is 2600. The summed E-state index contributed by atoms with van der Waals surface area (Å²) < 4.78 is 59.1. The molecule has 0 radical (unpaired) electrons. The third-order valence-corrected chi connectivity index (χ3v) is 25.3. The van der Waals surface area contributed by atoms with Gasteiger partial charge in [-0.25, -0.2) is 39.1 Å². The predicted molar refractivity (Wildman–Crippen MR) is 298 cm³/mol. The molecule has 20 aliphatic rings. The van der Waals surface area contributed by atoms with Crippen LogP contribution in [0.5, 0.6) is 0 Å². The minimum Gasteiger partial charge on any atom is -0.550 e. The first-order valence-electron chi connectivity index (χ1n) is 33.6. The van der Waals surface area contributed by atoms with Crippen LogP contribution < -0.4 is 34.7 Å². The molecule has 0 aromatic carbocycles. The fourth-order valence-electron chi connectivity index (χ4n) is 20.2. The Balaban J connectivity index is 0.000000116. The van der Waals surface area contributed by atoms with E-state index in [1.165, 1.54) is 12.8 Å². The van der Waals surface area contributed by atoms with Crippen molar-refractivity contribution < 1.29 is 141 Å². The van der Waals surface area contributed by atoms with Crippen LogP contribution in [0.15, 0.2) is 0 Å². The summed E-state index contributed by atoms with van der Waals surface area (Å²) in [6, 6.07) is 0. The van der Waals surface area contributed by atoms with E-state index in [1.807, 2.05) is 48.5 Å². The van der Waals surface area contributed by atoms with Crippen LogP contribution in [0.25, 0.3) is 0 Å². The minimum atomic E-state index is -1.28. The molecule has 24 heteroatoms. The molecule has 8 bridgehead atoms. The molecule has 0 amide bonds. The number of esters is 2. The van der Waals surface area contributed by atoms with Gasteiger partial charge in [-0.15, -0.1) is 0 Å². The van der Waals surface area contributed by atoms with Gasteiger partial charge in [-0.1, -0.05) is 55.4 Å². The molecule has 20 rings (SSSR count). The Morgan fingerprint density at radius 1 is 0.461 bits per heavy atom. The maximum absolute atomic E-state index is 12.1. The first-order valence-corrected chi connectivity index (χ1v) is 33.6. The van der Waals surface area contributed by atoms with Crippen molar-refractivity contribution in [2.75, 3.05) is 7.11 Å². The van der Waals surface area contributed by atoms with Crippen LogP contribution in [0.3, 0.4) is 0 Å². The number of hydrogen-bond donors (Lipinski definition) is 1. The smallest absolute Gasteiger partial charge is 0.550 e. The van der Waals surface area contributed by atoms with E-state index in [2.05, 4.69) is 34.6 Å². The summed E-state index contributed by atoms with van der Waals surface area (Å²) >= 11 is 0. The Kier molecular flexibility index (Phi) is 18.8. The number of ether oxygens (including phenoxy) is 10. The van der Waals surface area contributed by atoms with Crippen LogP contribution in [0.1, 0.15) is 199 Å². The van der Waals surface area contributed by atoms with Gasteiger partial charge < -0.3 is 62.4 Å². The van der Waals surface area contributed by atoms with E-state index in [-0.39, 0.29) is 102 Å². The molecule has 20 fully saturated rings. The number of aliphatic carboxylic acids is 1. The number of fused-ring (bicyclic) bond motifs is 8.